The number of allylic oxidation sites excluding steroid dienone is 2. The highest BCUT2D eigenvalue weighted by Crippen LogP contribution is 2.19. The molecule has 0 saturated heterocycles. The lowest BCUT2D eigenvalue weighted by molar-refractivity contribution is -0.136. The minimum atomic E-state index is -0.312. The first-order chi connectivity index (χ1) is 11.1. The van der Waals surface area contributed by atoms with Crippen molar-refractivity contribution in [2.45, 2.75) is 38.9 Å². The Morgan fingerprint density at radius 2 is 2.00 bits per heavy atom. The van der Waals surface area contributed by atoms with Crippen LogP contribution in [0.2, 0.25) is 0 Å². The molecule has 1 aliphatic rings. The SMILES string of the molecule is COCOC1[C@H](C)/C=C(/C)COC(=O)/C=C/CC/C=C/[C@@H]1OC. The number of cyclic esters (lactones) is 1. The molecule has 23 heavy (non-hydrogen) atoms. The van der Waals surface area contributed by atoms with Crippen molar-refractivity contribution >= 4 is 5.97 Å². The maximum atomic E-state index is 11.6. The molecule has 1 unspecified atom stereocenters. The highest BCUT2D eigenvalue weighted by atomic mass is 16.7. The number of hydrogen-bond donors (Lipinski definition) is 0. The predicted octanol–water partition coefficient (Wildman–Crippen LogP) is 3.02. The fourth-order valence-electron chi connectivity index (χ4n) is 2.44. The van der Waals surface area contributed by atoms with Crippen molar-refractivity contribution < 1.29 is 23.7 Å². The number of esters is 1. The molecule has 0 spiro atoms. The molecule has 5 nitrogen and oxygen atoms in total. The van der Waals surface area contributed by atoms with Crippen molar-refractivity contribution in [1.29, 1.82) is 0 Å². The first-order valence-corrected chi connectivity index (χ1v) is 7.89. The number of carbonyl (C=O) groups is 1. The van der Waals surface area contributed by atoms with Crippen molar-refractivity contribution in [2.24, 2.45) is 5.92 Å². The molecular weight excluding hydrogens is 296 g/mol. The molecule has 0 bridgehead atoms. The summed E-state index contributed by atoms with van der Waals surface area (Å²) in [7, 11) is 3.27. The van der Waals surface area contributed by atoms with Crippen LogP contribution < -0.4 is 0 Å². The van der Waals surface area contributed by atoms with Gasteiger partial charge in [0.2, 0.25) is 0 Å². The number of ether oxygens (including phenoxy) is 4. The Morgan fingerprint density at radius 1 is 1.26 bits per heavy atom. The van der Waals surface area contributed by atoms with Crippen LogP contribution in [0.1, 0.15) is 26.7 Å². The Hall–Kier alpha value is -1.43. The highest BCUT2D eigenvalue weighted by Gasteiger charge is 2.25. The van der Waals surface area contributed by atoms with Crippen LogP contribution in [0.3, 0.4) is 0 Å². The van der Waals surface area contributed by atoms with Crippen LogP contribution in [0.25, 0.3) is 0 Å². The second-order valence-electron chi connectivity index (χ2n) is 5.63. The Balaban J connectivity index is 2.96. The van der Waals surface area contributed by atoms with Crippen molar-refractivity contribution in [3.05, 3.63) is 36.0 Å². The van der Waals surface area contributed by atoms with Crippen LogP contribution in [-0.4, -0.2) is 45.8 Å². The first-order valence-electron chi connectivity index (χ1n) is 7.89. The third-order valence-electron chi connectivity index (χ3n) is 3.56. The van der Waals surface area contributed by atoms with Gasteiger partial charge in [-0.3, -0.25) is 0 Å². The largest absolute Gasteiger partial charge is 0.458 e. The molecular formula is C18H28O5. The number of rotatable bonds is 4. The average molecular weight is 324 g/mol. The standard InChI is InChI=1S/C18H28O5/c1-14-11-15(2)18(23-13-20-3)16(21-4)9-7-5-6-8-10-17(19)22-12-14/h7-11,15-16,18H,5-6,12-13H2,1-4H3/b9-7+,10-8+,14-11-/t15-,16+,18?/m1/s1. The lowest BCUT2D eigenvalue weighted by Crippen LogP contribution is -2.35. The van der Waals surface area contributed by atoms with Crippen LogP contribution in [0.5, 0.6) is 0 Å². The topological polar surface area (TPSA) is 54.0 Å². The summed E-state index contributed by atoms with van der Waals surface area (Å²) in [5.41, 5.74) is 0.973. The molecule has 0 aromatic rings. The molecule has 0 aromatic carbocycles. The predicted molar refractivity (Wildman–Crippen MR) is 88.9 cm³/mol. The van der Waals surface area contributed by atoms with Gasteiger partial charge >= 0.3 is 5.97 Å². The zero-order valence-electron chi connectivity index (χ0n) is 14.5. The van der Waals surface area contributed by atoms with E-state index in [2.05, 4.69) is 6.92 Å². The summed E-state index contributed by atoms with van der Waals surface area (Å²) in [6, 6.07) is 0. The highest BCUT2D eigenvalue weighted by molar-refractivity contribution is 5.81. The number of carbonyl (C=O) groups excluding carboxylic acids is 1. The van der Waals surface area contributed by atoms with Crippen LogP contribution in [0, 0.1) is 5.92 Å². The Labute approximate surface area is 138 Å². The normalized spacial score (nSPS) is 32.3. The first kappa shape index (κ1) is 19.6. The van der Waals surface area contributed by atoms with Gasteiger partial charge in [-0.15, -0.1) is 0 Å². The van der Waals surface area contributed by atoms with Gasteiger partial charge in [-0.2, -0.15) is 0 Å². The van der Waals surface area contributed by atoms with E-state index in [-0.39, 0.29) is 37.5 Å². The summed E-state index contributed by atoms with van der Waals surface area (Å²) < 4.78 is 21.6. The van der Waals surface area contributed by atoms with Gasteiger partial charge in [0, 0.05) is 26.2 Å². The summed E-state index contributed by atoms with van der Waals surface area (Å²) in [5.74, 6) is -0.231. The lowest BCUT2D eigenvalue weighted by Gasteiger charge is -2.28. The van der Waals surface area contributed by atoms with Gasteiger partial charge in [-0.05, 0) is 25.3 Å². The molecule has 130 valence electrons. The molecule has 3 atom stereocenters. The van der Waals surface area contributed by atoms with Crippen molar-refractivity contribution in [3.8, 4) is 0 Å². The maximum absolute atomic E-state index is 11.6. The van der Waals surface area contributed by atoms with E-state index in [1.54, 1.807) is 14.2 Å². The van der Waals surface area contributed by atoms with Gasteiger partial charge in [0.05, 0.1) is 6.10 Å². The summed E-state index contributed by atoms with van der Waals surface area (Å²) in [6.07, 6.45) is 10.7. The van der Waals surface area contributed by atoms with E-state index >= 15 is 0 Å². The molecule has 1 heterocycles. The van der Waals surface area contributed by atoms with Crippen LogP contribution in [-0.2, 0) is 23.7 Å². The molecule has 0 amide bonds. The Bertz CT molecular complexity index is 439. The maximum Gasteiger partial charge on any atom is 0.330 e. The zero-order valence-corrected chi connectivity index (χ0v) is 14.5. The molecule has 0 radical (unpaired) electrons. The quantitative estimate of drug-likeness (QED) is 0.452. The third kappa shape index (κ3) is 7.59. The van der Waals surface area contributed by atoms with Crippen LogP contribution in [0.4, 0.5) is 0 Å². The fourth-order valence-corrected chi connectivity index (χ4v) is 2.44. The van der Waals surface area contributed by atoms with E-state index in [0.29, 0.717) is 0 Å². The van der Waals surface area contributed by atoms with Crippen LogP contribution in [0.15, 0.2) is 36.0 Å². The van der Waals surface area contributed by atoms with E-state index in [4.69, 9.17) is 18.9 Å². The summed E-state index contributed by atoms with van der Waals surface area (Å²) in [5, 5.41) is 0. The van der Waals surface area contributed by atoms with Gasteiger partial charge in [-0.25, -0.2) is 4.79 Å². The molecule has 0 fully saturated rings. The summed E-state index contributed by atoms with van der Waals surface area (Å²) in [6.45, 7) is 4.47. The van der Waals surface area contributed by atoms with E-state index in [1.807, 2.05) is 31.2 Å². The monoisotopic (exact) mass is 324 g/mol. The fraction of sp³-hybridized carbons (Fsp3) is 0.611. The van der Waals surface area contributed by atoms with Gasteiger partial charge in [0.25, 0.3) is 0 Å². The van der Waals surface area contributed by atoms with Crippen molar-refractivity contribution in [2.75, 3.05) is 27.6 Å². The molecule has 1 rings (SSSR count). The lowest BCUT2D eigenvalue weighted by atomic mass is 9.96. The summed E-state index contributed by atoms with van der Waals surface area (Å²) >= 11 is 0. The van der Waals surface area contributed by atoms with Gasteiger partial charge in [0.1, 0.15) is 19.5 Å². The smallest absolute Gasteiger partial charge is 0.330 e. The van der Waals surface area contributed by atoms with Gasteiger partial charge < -0.3 is 18.9 Å². The number of methoxy groups -OCH3 is 2. The van der Waals surface area contributed by atoms with E-state index in [9.17, 15) is 4.79 Å². The molecule has 5 heteroatoms. The minimum absolute atomic E-state index is 0.0805. The van der Waals surface area contributed by atoms with Gasteiger partial charge in [-0.1, -0.05) is 31.2 Å². The van der Waals surface area contributed by atoms with E-state index < -0.39 is 0 Å². The molecule has 0 saturated carbocycles. The molecule has 0 N–H and O–H groups in total. The minimum Gasteiger partial charge on any atom is -0.458 e. The molecule has 0 aliphatic carbocycles. The van der Waals surface area contributed by atoms with Crippen molar-refractivity contribution in [3.63, 3.8) is 0 Å². The third-order valence-corrected chi connectivity index (χ3v) is 3.56. The van der Waals surface area contributed by atoms with Crippen LogP contribution >= 0.6 is 0 Å². The zero-order chi connectivity index (χ0) is 17.1. The van der Waals surface area contributed by atoms with E-state index in [0.717, 1.165) is 18.4 Å². The van der Waals surface area contributed by atoms with Gasteiger partial charge in [0.15, 0.2) is 0 Å². The Morgan fingerprint density at radius 3 is 2.70 bits per heavy atom. The number of hydrogen-bond acceptors (Lipinski definition) is 5. The molecule has 1 aliphatic heterocycles. The van der Waals surface area contributed by atoms with Crippen molar-refractivity contribution in [1.82, 2.24) is 0 Å². The average Bonchev–Trinajstić information content (AvgIpc) is 2.53. The Kier molecular flexibility index (Phi) is 9.52. The summed E-state index contributed by atoms with van der Waals surface area (Å²) in [4.78, 5) is 11.6. The second kappa shape index (κ2) is 11.2. The van der Waals surface area contributed by atoms with E-state index in [1.165, 1.54) is 6.08 Å². The molecule has 0 aromatic heterocycles. The second-order valence-corrected chi connectivity index (χ2v) is 5.63.